The molecular weight excluding hydrogens is 707 g/mol. The van der Waals surface area contributed by atoms with Gasteiger partial charge in [0.15, 0.2) is 0 Å². The van der Waals surface area contributed by atoms with Crippen molar-refractivity contribution >= 4 is 11.9 Å². The fraction of sp³-hybridized carbons (Fsp3) is 0.843. The van der Waals surface area contributed by atoms with Crippen molar-refractivity contribution in [3.05, 3.63) is 36.5 Å². The standard InChI is InChI=1S/C51H95NO5/c1-4-7-10-13-16-19-21-22-23-24-25-26-27-28-29-32-35-38-41-44-51(56)57-47(42-39-36-33-31-20-17-14-11-8-5-2)45-50(55)52-48(46-53)49(54)43-40-37-34-30-18-15-12-9-6-3/h16,19,22-23,25-26,47-49,53-54H,4-15,17-18,20-21,24,27-46H2,1-3H3,(H,52,55)/b19-16-,23-22-,26-25-. The molecule has 3 unspecified atom stereocenters. The molecule has 0 bridgehead atoms. The maximum absolute atomic E-state index is 13.1. The highest BCUT2D eigenvalue weighted by Crippen LogP contribution is 2.18. The molecular formula is C51H95NO5. The molecule has 0 spiro atoms. The van der Waals surface area contributed by atoms with Gasteiger partial charge in [0.05, 0.1) is 25.2 Å². The molecule has 6 nitrogen and oxygen atoms in total. The highest BCUT2D eigenvalue weighted by atomic mass is 16.5. The lowest BCUT2D eigenvalue weighted by molar-refractivity contribution is -0.151. The van der Waals surface area contributed by atoms with Crippen LogP contribution in [0.1, 0.15) is 252 Å². The summed E-state index contributed by atoms with van der Waals surface area (Å²) < 4.78 is 5.91. The molecule has 0 radical (unpaired) electrons. The van der Waals surface area contributed by atoms with Crippen LogP contribution in [0.4, 0.5) is 0 Å². The number of carbonyl (C=O) groups is 2. The third kappa shape index (κ3) is 40.6. The van der Waals surface area contributed by atoms with Crippen molar-refractivity contribution in [3.8, 4) is 0 Å². The summed E-state index contributed by atoms with van der Waals surface area (Å²) in [6.45, 7) is 6.43. The molecule has 1 amide bonds. The van der Waals surface area contributed by atoms with E-state index in [1.165, 1.54) is 135 Å². The molecule has 3 atom stereocenters. The van der Waals surface area contributed by atoms with Gasteiger partial charge in [0, 0.05) is 6.42 Å². The molecule has 0 rings (SSSR count). The van der Waals surface area contributed by atoms with Crippen molar-refractivity contribution in [3.63, 3.8) is 0 Å². The first-order valence-corrected chi connectivity index (χ1v) is 24.7. The van der Waals surface area contributed by atoms with Crippen LogP contribution in [0.15, 0.2) is 36.5 Å². The second kappa shape index (κ2) is 45.2. The largest absolute Gasteiger partial charge is 0.462 e. The Morgan fingerprint density at radius 2 is 0.895 bits per heavy atom. The highest BCUT2D eigenvalue weighted by molar-refractivity contribution is 5.77. The van der Waals surface area contributed by atoms with E-state index in [2.05, 4.69) is 62.5 Å². The van der Waals surface area contributed by atoms with Gasteiger partial charge >= 0.3 is 5.97 Å². The Hall–Kier alpha value is -1.92. The number of allylic oxidation sites excluding steroid dienone is 6. The molecule has 0 aromatic heterocycles. The van der Waals surface area contributed by atoms with Crippen LogP contribution < -0.4 is 5.32 Å². The maximum Gasteiger partial charge on any atom is 0.306 e. The van der Waals surface area contributed by atoms with E-state index in [0.717, 1.165) is 70.6 Å². The monoisotopic (exact) mass is 802 g/mol. The number of nitrogens with one attached hydrogen (secondary N) is 1. The number of hydrogen-bond acceptors (Lipinski definition) is 5. The van der Waals surface area contributed by atoms with Crippen LogP contribution in [0.3, 0.4) is 0 Å². The molecule has 0 heterocycles. The number of unbranched alkanes of at least 4 members (excludes halogenated alkanes) is 26. The Bertz CT molecular complexity index is 946. The summed E-state index contributed by atoms with van der Waals surface area (Å²) in [6.07, 6.45) is 52.1. The zero-order valence-electron chi connectivity index (χ0n) is 38.0. The van der Waals surface area contributed by atoms with E-state index in [4.69, 9.17) is 4.74 Å². The molecule has 0 saturated heterocycles. The average molecular weight is 802 g/mol. The number of aliphatic hydroxyl groups excluding tert-OH is 2. The van der Waals surface area contributed by atoms with Crippen LogP contribution in [0, 0.1) is 0 Å². The Morgan fingerprint density at radius 1 is 0.509 bits per heavy atom. The minimum absolute atomic E-state index is 0.0751. The van der Waals surface area contributed by atoms with Crippen LogP contribution in [0.5, 0.6) is 0 Å². The minimum Gasteiger partial charge on any atom is -0.462 e. The van der Waals surface area contributed by atoms with Crippen molar-refractivity contribution in [2.75, 3.05) is 6.61 Å². The lowest BCUT2D eigenvalue weighted by atomic mass is 10.0. The summed E-state index contributed by atoms with van der Waals surface area (Å²) in [6, 6.07) is -0.698. The summed E-state index contributed by atoms with van der Waals surface area (Å²) >= 11 is 0. The SMILES string of the molecule is CCCCC/C=C\C/C=C\C/C=C\CCCCCCCCC(=O)OC(CCCCCCCCCCCC)CC(=O)NC(CO)C(O)CCCCCCCCCCC. The molecule has 334 valence electrons. The molecule has 0 aromatic carbocycles. The van der Waals surface area contributed by atoms with Crippen LogP contribution in [0.2, 0.25) is 0 Å². The van der Waals surface area contributed by atoms with E-state index in [-0.39, 0.29) is 24.9 Å². The predicted octanol–water partition coefficient (Wildman–Crippen LogP) is 14.5. The summed E-state index contributed by atoms with van der Waals surface area (Å²) in [5.74, 6) is -0.483. The van der Waals surface area contributed by atoms with Gasteiger partial charge in [0.25, 0.3) is 0 Å². The number of rotatable bonds is 44. The molecule has 0 fully saturated rings. The quantitative estimate of drug-likeness (QED) is 0.0324. The Morgan fingerprint density at radius 3 is 1.39 bits per heavy atom. The number of amides is 1. The van der Waals surface area contributed by atoms with E-state index in [0.29, 0.717) is 19.3 Å². The van der Waals surface area contributed by atoms with Crippen LogP contribution in [-0.2, 0) is 14.3 Å². The molecule has 57 heavy (non-hydrogen) atoms. The zero-order chi connectivity index (χ0) is 41.7. The van der Waals surface area contributed by atoms with Gasteiger partial charge in [0.1, 0.15) is 6.10 Å². The summed E-state index contributed by atoms with van der Waals surface area (Å²) in [5.41, 5.74) is 0. The molecule has 0 aromatic rings. The van der Waals surface area contributed by atoms with Gasteiger partial charge in [-0.15, -0.1) is 0 Å². The number of aliphatic hydroxyl groups is 2. The zero-order valence-corrected chi connectivity index (χ0v) is 38.0. The summed E-state index contributed by atoms with van der Waals surface area (Å²) in [5, 5.41) is 23.6. The molecule has 3 N–H and O–H groups in total. The predicted molar refractivity (Wildman–Crippen MR) is 246 cm³/mol. The first-order chi connectivity index (χ1) is 28.0. The van der Waals surface area contributed by atoms with Gasteiger partial charge in [-0.1, -0.05) is 211 Å². The second-order valence-electron chi connectivity index (χ2n) is 16.9. The van der Waals surface area contributed by atoms with Gasteiger partial charge in [-0.3, -0.25) is 9.59 Å². The Balaban J connectivity index is 4.49. The van der Waals surface area contributed by atoms with Crippen molar-refractivity contribution < 1.29 is 24.5 Å². The number of esters is 1. The fourth-order valence-electron chi connectivity index (χ4n) is 7.44. The van der Waals surface area contributed by atoms with E-state index in [1.54, 1.807) is 0 Å². The first-order valence-electron chi connectivity index (χ1n) is 24.7. The Labute approximate surface area is 353 Å². The summed E-state index contributed by atoms with van der Waals surface area (Å²) in [7, 11) is 0. The third-order valence-electron chi connectivity index (χ3n) is 11.2. The van der Waals surface area contributed by atoms with Crippen LogP contribution in [0.25, 0.3) is 0 Å². The minimum atomic E-state index is -0.784. The summed E-state index contributed by atoms with van der Waals surface area (Å²) in [4.78, 5) is 26.0. The maximum atomic E-state index is 13.1. The molecule has 0 aliphatic heterocycles. The molecule has 6 heteroatoms. The van der Waals surface area contributed by atoms with E-state index < -0.39 is 18.2 Å². The normalized spacial score (nSPS) is 13.6. The van der Waals surface area contributed by atoms with Gasteiger partial charge < -0.3 is 20.3 Å². The van der Waals surface area contributed by atoms with E-state index in [9.17, 15) is 19.8 Å². The third-order valence-corrected chi connectivity index (χ3v) is 11.2. The number of carbonyl (C=O) groups excluding carboxylic acids is 2. The number of ether oxygens (including phenoxy) is 1. The van der Waals surface area contributed by atoms with Gasteiger partial charge in [-0.25, -0.2) is 0 Å². The van der Waals surface area contributed by atoms with Crippen molar-refractivity contribution in [1.29, 1.82) is 0 Å². The average Bonchev–Trinajstić information content (AvgIpc) is 3.20. The van der Waals surface area contributed by atoms with Crippen LogP contribution >= 0.6 is 0 Å². The van der Waals surface area contributed by atoms with Gasteiger partial charge in [-0.05, 0) is 64.2 Å². The lowest BCUT2D eigenvalue weighted by Crippen LogP contribution is -2.46. The smallest absolute Gasteiger partial charge is 0.306 e. The number of hydrogen-bond donors (Lipinski definition) is 3. The highest BCUT2D eigenvalue weighted by Gasteiger charge is 2.24. The lowest BCUT2D eigenvalue weighted by Gasteiger charge is -2.24. The first kappa shape index (κ1) is 55.1. The second-order valence-corrected chi connectivity index (χ2v) is 16.9. The van der Waals surface area contributed by atoms with E-state index in [1.807, 2.05) is 0 Å². The molecule has 0 saturated carbocycles. The van der Waals surface area contributed by atoms with Gasteiger partial charge in [-0.2, -0.15) is 0 Å². The van der Waals surface area contributed by atoms with E-state index >= 15 is 0 Å². The van der Waals surface area contributed by atoms with Crippen LogP contribution in [-0.4, -0.2) is 46.9 Å². The van der Waals surface area contributed by atoms with Gasteiger partial charge in [0.2, 0.25) is 5.91 Å². The van der Waals surface area contributed by atoms with Crippen molar-refractivity contribution in [2.24, 2.45) is 0 Å². The molecule has 0 aliphatic carbocycles. The van der Waals surface area contributed by atoms with Crippen molar-refractivity contribution in [1.82, 2.24) is 5.32 Å². The van der Waals surface area contributed by atoms with Crippen molar-refractivity contribution in [2.45, 2.75) is 270 Å². The Kier molecular flexibility index (Phi) is 43.6. The molecule has 0 aliphatic rings. The topological polar surface area (TPSA) is 95.9 Å². The fourth-order valence-corrected chi connectivity index (χ4v) is 7.44.